The van der Waals surface area contributed by atoms with Crippen LogP contribution in [0.1, 0.15) is 102 Å². The number of carbonyl (C=O) groups is 1. The van der Waals surface area contributed by atoms with Crippen LogP contribution in [-0.4, -0.2) is 23.0 Å². The zero-order valence-corrected chi connectivity index (χ0v) is 18.7. The molecule has 2 aliphatic carbocycles. The van der Waals surface area contributed by atoms with Crippen molar-refractivity contribution in [1.82, 2.24) is 10.2 Å². The van der Waals surface area contributed by atoms with Gasteiger partial charge in [-0.15, -0.1) is 0 Å². The first-order valence-electron chi connectivity index (χ1n) is 12.7. The molecular weight excluding hydrogens is 368 g/mol. The van der Waals surface area contributed by atoms with Crippen LogP contribution < -0.4 is 5.32 Å². The van der Waals surface area contributed by atoms with Crippen LogP contribution in [0.5, 0.6) is 0 Å². The molecule has 0 aromatic heterocycles. The standard InChI is InChI=1S/C27H40N2O/c30-27-25-20-14-13-19-24(25)26(29(27)21-22-15-9-8-10-16-22)28-23-17-11-6-4-2-1-3-5-7-12-18-23/h8-10,15-16,23,26,28H,1-7,11-14,17-21H2/t26-/m1/s1. The van der Waals surface area contributed by atoms with E-state index in [0.29, 0.717) is 11.9 Å². The first kappa shape index (κ1) is 21.6. The highest BCUT2D eigenvalue weighted by molar-refractivity contribution is 5.97. The van der Waals surface area contributed by atoms with E-state index in [1.165, 1.54) is 94.6 Å². The van der Waals surface area contributed by atoms with Crippen molar-refractivity contribution in [2.75, 3.05) is 0 Å². The van der Waals surface area contributed by atoms with Crippen molar-refractivity contribution >= 4 is 5.91 Å². The van der Waals surface area contributed by atoms with Gasteiger partial charge in [0.1, 0.15) is 6.17 Å². The molecule has 0 spiro atoms. The Morgan fingerprint density at radius 2 is 1.37 bits per heavy atom. The van der Waals surface area contributed by atoms with Gasteiger partial charge in [0.2, 0.25) is 0 Å². The van der Waals surface area contributed by atoms with Crippen LogP contribution in [0.15, 0.2) is 41.5 Å². The lowest BCUT2D eigenvalue weighted by Gasteiger charge is -2.32. The number of rotatable bonds is 4. The lowest BCUT2D eigenvalue weighted by Crippen LogP contribution is -2.49. The molecule has 1 atom stereocenters. The highest BCUT2D eigenvalue weighted by atomic mass is 16.2. The molecule has 0 bridgehead atoms. The topological polar surface area (TPSA) is 32.3 Å². The van der Waals surface area contributed by atoms with Crippen LogP contribution in [-0.2, 0) is 11.3 Å². The van der Waals surface area contributed by atoms with Gasteiger partial charge in [0.05, 0.1) is 0 Å². The van der Waals surface area contributed by atoms with Crippen LogP contribution >= 0.6 is 0 Å². The van der Waals surface area contributed by atoms with Crippen molar-refractivity contribution in [3.63, 3.8) is 0 Å². The van der Waals surface area contributed by atoms with Crippen molar-refractivity contribution in [1.29, 1.82) is 0 Å². The number of amides is 1. The summed E-state index contributed by atoms with van der Waals surface area (Å²) in [6.07, 6.45) is 19.5. The van der Waals surface area contributed by atoms with Gasteiger partial charge in [0.15, 0.2) is 0 Å². The average Bonchev–Trinajstić information content (AvgIpc) is 3.02. The second kappa shape index (κ2) is 11.1. The summed E-state index contributed by atoms with van der Waals surface area (Å²) in [5.41, 5.74) is 3.77. The fourth-order valence-corrected chi connectivity index (χ4v) is 5.64. The Hall–Kier alpha value is -1.61. The Labute approximate surface area is 183 Å². The second-order valence-corrected chi connectivity index (χ2v) is 9.66. The monoisotopic (exact) mass is 408 g/mol. The minimum Gasteiger partial charge on any atom is -0.315 e. The number of hydrogen-bond donors (Lipinski definition) is 1. The Morgan fingerprint density at radius 1 is 0.767 bits per heavy atom. The molecule has 1 aromatic rings. The Balaban J connectivity index is 1.48. The van der Waals surface area contributed by atoms with Gasteiger partial charge < -0.3 is 4.90 Å². The third-order valence-corrected chi connectivity index (χ3v) is 7.37. The Morgan fingerprint density at radius 3 is 2.03 bits per heavy atom. The average molecular weight is 409 g/mol. The fraction of sp³-hybridized carbons (Fsp3) is 0.667. The molecule has 1 heterocycles. The fourth-order valence-electron chi connectivity index (χ4n) is 5.64. The summed E-state index contributed by atoms with van der Waals surface area (Å²) in [4.78, 5) is 15.5. The minimum atomic E-state index is 0.117. The maximum atomic E-state index is 13.3. The van der Waals surface area contributed by atoms with E-state index in [1.807, 2.05) is 0 Å². The lowest BCUT2D eigenvalue weighted by atomic mass is 9.91. The van der Waals surface area contributed by atoms with E-state index in [0.717, 1.165) is 25.0 Å². The van der Waals surface area contributed by atoms with Gasteiger partial charge in [0.25, 0.3) is 5.91 Å². The number of carbonyl (C=O) groups excluding carboxylic acids is 1. The maximum absolute atomic E-state index is 13.3. The summed E-state index contributed by atoms with van der Waals surface area (Å²) in [5.74, 6) is 0.291. The van der Waals surface area contributed by atoms with E-state index >= 15 is 0 Å². The van der Waals surface area contributed by atoms with Crippen LogP contribution in [0.4, 0.5) is 0 Å². The molecule has 30 heavy (non-hydrogen) atoms. The molecule has 0 unspecified atom stereocenters. The van der Waals surface area contributed by atoms with Crippen molar-refractivity contribution in [2.45, 2.75) is 115 Å². The summed E-state index contributed by atoms with van der Waals surface area (Å²) in [7, 11) is 0. The van der Waals surface area contributed by atoms with Gasteiger partial charge in [-0.2, -0.15) is 0 Å². The molecule has 0 saturated heterocycles. The largest absolute Gasteiger partial charge is 0.315 e. The highest BCUT2D eigenvalue weighted by Crippen LogP contribution is 2.37. The van der Waals surface area contributed by atoms with Crippen LogP contribution in [0, 0.1) is 0 Å². The number of benzene rings is 1. The highest BCUT2D eigenvalue weighted by Gasteiger charge is 2.40. The maximum Gasteiger partial charge on any atom is 0.251 e. The molecule has 1 fully saturated rings. The number of nitrogens with zero attached hydrogens (tertiary/aromatic N) is 1. The van der Waals surface area contributed by atoms with Gasteiger partial charge in [-0.25, -0.2) is 0 Å². The first-order valence-corrected chi connectivity index (χ1v) is 12.7. The van der Waals surface area contributed by atoms with Gasteiger partial charge in [-0.1, -0.05) is 88.1 Å². The molecule has 3 nitrogen and oxygen atoms in total. The van der Waals surface area contributed by atoms with Crippen molar-refractivity contribution in [2.24, 2.45) is 0 Å². The van der Waals surface area contributed by atoms with Crippen LogP contribution in [0.3, 0.4) is 0 Å². The van der Waals surface area contributed by atoms with E-state index in [-0.39, 0.29) is 6.17 Å². The third kappa shape index (κ3) is 5.55. The molecule has 1 amide bonds. The predicted octanol–water partition coefficient (Wildman–Crippen LogP) is 6.49. The predicted molar refractivity (Wildman–Crippen MR) is 124 cm³/mol. The van der Waals surface area contributed by atoms with Crippen molar-refractivity contribution in [3.8, 4) is 0 Å². The summed E-state index contributed by atoms with van der Waals surface area (Å²) < 4.78 is 0. The molecule has 164 valence electrons. The summed E-state index contributed by atoms with van der Waals surface area (Å²) in [5, 5.41) is 4.02. The zero-order valence-electron chi connectivity index (χ0n) is 18.7. The summed E-state index contributed by atoms with van der Waals surface area (Å²) in [6.45, 7) is 0.719. The SMILES string of the molecule is O=C1C2=C(CCCC2)[C@H](NC2CCCCCCCCCCC2)N1Cc1ccccc1. The van der Waals surface area contributed by atoms with Gasteiger partial charge in [0, 0.05) is 18.2 Å². The Kier molecular flexibility index (Phi) is 8.02. The molecular formula is C27H40N2O. The molecule has 1 saturated carbocycles. The van der Waals surface area contributed by atoms with Crippen LogP contribution in [0.25, 0.3) is 0 Å². The molecule has 1 aliphatic heterocycles. The third-order valence-electron chi connectivity index (χ3n) is 7.37. The zero-order chi connectivity index (χ0) is 20.6. The molecule has 1 aromatic carbocycles. The van der Waals surface area contributed by atoms with Gasteiger partial charge in [-0.05, 0) is 49.7 Å². The normalized spacial score (nSPS) is 25.0. The van der Waals surface area contributed by atoms with E-state index in [1.54, 1.807) is 0 Å². The van der Waals surface area contributed by atoms with E-state index in [4.69, 9.17) is 0 Å². The molecule has 1 N–H and O–H groups in total. The summed E-state index contributed by atoms with van der Waals surface area (Å²) in [6, 6.07) is 11.1. The van der Waals surface area contributed by atoms with Crippen molar-refractivity contribution < 1.29 is 4.79 Å². The second-order valence-electron chi connectivity index (χ2n) is 9.66. The van der Waals surface area contributed by atoms with E-state index in [2.05, 4.69) is 40.5 Å². The smallest absolute Gasteiger partial charge is 0.251 e. The minimum absolute atomic E-state index is 0.117. The number of nitrogens with one attached hydrogen (secondary N) is 1. The van der Waals surface area contributed by atoms with Crippen LogP contribution in [0.2, 0.25) is 0 Å². The molecule has 3 aliphatic rings. The van der Waals surface area contributed by atoms with E-state index in [9.17, 15) is 4.79 Å². The van der Waals surface area contributed by atoms with E-state index < -0.39 is 0 Å². The lowest BCUT2D eigenvalue weighted by molar-refractivity contribution is -0.128. The van der Waals surface area contributed by atoms with Crippen molar-refractivity contribution in [3.05, 3.63) is 47.0 Å². The molecule has 4 rings (SSSR count). The molecule has 3 heteroatoms. The first-order chi connectivity index (χ1) is 14.8. The van der Waals surface area contributed by atoms with Gasteiger partial charge >= 0.3 is 0 Å². The quantitative estimate of drug-likeness (QED) is 0.617. The Bertz CT molecular complexity index is 699. The van der Waals surface area contributed by atoms with Gasteiger partial charge in [-0.3, -0.25) is 10.1 Å². The summed E-state index contributed by atoms with van der Waals surface area (Å²) >= 11 is 0. The number of hydrogen-bond acceptors (Lipinski definition) is 2. The molecule has 0 radical (unpaired) electrons.